The molecule has 0 fully saturated rings. The molecule has 0 bridgehead atoms. The van der Waals surface area contributed by atoms with Crippen molar-refractivity contribution < 1.29 is 9.53 Å². The lowest BCUT2D eigenvalue weighted by atomic mass is 10.2. The molecule has 5 aromatic rings. The monoisotopic (exact) mass is 459 g/mol. The summed E-state index contributed by atoms with van der Waals surface area (Å²) in [5.74, 6) is 0.991. The maximum absolute atomic E-state index is 13.0. The summed E-state index contributed by atoms with van der Waals surface area (Å²) < 4.78 is 7.94. The van der Waals surface area contributed by atoms with Gasteiger partial charge in [0, 0.05) is 16.8 Å². The van der Waals surface area contributed by atoms with Gasteiger partial charge in [0.15, 0.2) is 11.4 Å². The number of ether oxygens (including phenoxy) is 1. The van der Waals surface area contributed by atoms with E-state index in [0.717, 1.165) is 10.4 Å². The molecule has 0 atom stereocenters. The summed E-state index contributed by atoms with van der Waals surface area (Å²) in [5, 5.41) is 5.59. The quantitative estimate of drug-likeness (QED) is 0.313. The number of aromatic nitrogens is 2. The number of carbonyl (C=O) groups is 1. The van der Waals surface area contributed by atoms with Crippen LogP contribution in [0.4, 0.5) is 5.82 Å². The molecule has 0 aliphatic heterocycles. The van der Waals surface area contributed by atoms with E-state index in [2.05, 4.69) is 5.32 Å². The Balaban J connectivity index is 1.54. The Labute approximate surface area is 193 Å². The molecule has 3 aromatic heterocycles. The smallest absolute Gasteiger partial charge is 0.256 e. The Kier molecular flexibility index (Phi) is 5.62. The first-order chi connectivity index (χ1) is 15.7. The Hall–Kier alpha value is -3.61. The number of carbonyl (C=O) groups excluding carboxylic acids is 1. The summed E-state index contributed by atoms with van der Waals surface area (Å²) >= 11 is 7.52. The van der Waals surface area contributed by atoms with Crippen molar-refractivity contribution in [3.8, 4) is 16.3 Å². The van der Waals surface area contributed by atoms with Crippen LogP contribution in [0, 0.1) is 0 Å². The number of rotatable bonds is 6. The second-order valence-electron chi connectivity index (χ2n) is 7.09. The van der Waals surface area contributed by atoms with Crippen molar-refractivity contribution in [1.29, 1.82) is 0 Å². The number of fused-ring (bicyclic) bond motifs is 1. The minimum absolute atomic E-state index is 0.239. The van der Waals surface area contributed by atoms with E-state index in [1.165, 1.54) is 0 Å². The number of imidazole rings is 1. The van der Waals surface area contributed by atoms with Crippen molar-refractivity contribution in [2.45, 2.75) is 6.61 Å². The summed E-state index contributed by atoms with van der Waals surface area (Å²) in [6.45, 7) is 0.425. The van der Waals surface area contributed by atoms with Crippen molar-refractivity contribution >= 4 is 40.3 Å². The number of anilines is 1. The number of halogens is 1. The van der Waals surface area contributed by atoms with Gasteiger partial charge in [0.05, 0.1) is 4.88 Å². The van der Waals surface area contributed by atoms with Gasteiger partial charge in [-0.05, 0) is 53.4 Å². The van der Waals surface area contributed by atoms with Gasteiger partial charge in [0.2, 0.25) is 0 Å². The molecule has 158 valence electrons. The maximum atomic E-state index is 13.0. The number of amides is 1. The van der Waals surface area contributed by atoms with Gasteiger partial charge in [-0.15, -0.1) is 11.3 Å². The van der Waals surface area contributed by atoms with E-state index in [0.29, 0.717) is 40.1 Å². The summed E-state index contributed by atoms with van der Waals surface area (Å²) in [7, 11) is 0. The number of hydrogen-bond donors (Lipinski definition) is 1. The molecule has 5 nitrogen and oxygen atoms in total. The first-order valence-electron chi connectivity index (χ1n) is 9.97. The van der Waals surface area contributed by atoms with Crippen molar-refractivity contribution in [1.82, 2.24) is 9.38 Å². The highest BCUT2D eigenvalue weighted by Crippen LogP contribution is 2.35. The fraction of sp³-hybridized carbons (Fsp3) is 0.0400. The van der Waals surface area contributed by atoms with Crippen LogP contribution < -0.4 is 10.1 Å². The lowest BCUT2D eigenvalue weighted by molar-refractivity contribution is 0.102. The normalized spacial score (nSPS) is 10.9. The molecule has 0 aliphatic rings. The van der Waals surface area contributed by atoms with Crippen LogP contribution in [0.1, 0.15) is 15.9 Å². The maximum Gasteiger partial charge on any atom is 0.256 e. The average molecular weight is 460 g/mol. The SMILES string of the molecule is O=C(Nc1c(-c2cccs2)nc2c(OCc3ccccc3)cccn12)c1ccc(Cl)cc1. The van der Waals surface area contributed by atoms with Crippen LogP contribution in [0.15, 0.2) is 90.4 Å². The van der Waals surface area contributed by atoms with Crippen molar-refractivity contribution in [3.05, 3.63) is 107 Å². The van der Waals surface area contributed by atoms with E-state index in [1.807, 2.05) is 70.6 Å². The summed E-state index contributed by atoms with van der Waals surface area (Å²) in [5.41, 5.74) is 2.91. The van der Waals surface area contributed by atoms with Crippen LogP contribution >= 0.6 is 22.9 Å². The second kappa shape index (κ2) is 8.86. The van der Waals surface area contributed by atoms with Gasteiger partial charge in [0.1, 0.15) is 18.1 Å². The third-order valence-corrected chi connectivity index (χ3v) is 6.07. The van der Waals surface area contributed by atoms with Gasteiger partial charge in [-0.2, -0.15) is 0 Å². The Morgan fingerprint density at radius 1 is 1.00 bits per heavy atom. The molecule has 0 saturated heterocycles. The zero-order chi connectivity index (χ0) is 21.9. The van der Waals surface area contributed by atoms with E-state index < -0.39 is 0 Å². The molecule has 0 saturated carbocycles. The zero-order valence-electron chi connectivity index (χ0n) is 16.9. The van der Waals surface area contributed by atoms with Gasteiger partial charge in [-0.25, -0.2) is 4.98 Å². The fourth-order valence-electron chi connectivity index (χ4n) is 3.38. The van der Waals surface area contributed by atoms with Gasteiger partial charge in [-0.3, -0.25) is 9.20 Å². The predicted molar refractivity (Wildman–Crippen MR) is 129 cm³/mol. The molecular formula is C25H18ClN3O2S. The third-order valence-electron chi connectivity index (χ3n) is 4.94. The molecule has 7 heteroatoms. The lowest BCUT2D eigenvalue weighted by Crippen LogP contribution is -2.14. The molecule has 0 radical (unpaired) electrons. The topological polar surface area (TPSA) is 55.6 Å². The average Bonchev–Trinajstić information content (AvgIpc) is 3.47. The minimum Gasteiger partial charge on any atom is -0.485 e. The van der Waals surface area contributed by atoms with E-state index >= 15 is 0 Å². The molecule has 0 aliphatic carbocycles. The molecule has 1 amide bonds. The minimum atomic E-state index is -0.239. The largest absolute Gasteiger partial charge is 0.485 e. The van der Waals surface area contributed by atoms with Gasteiger partial charge >= 0.3 is 0 Å². The van der Waals surface area contributed by atoms with E-state index in [-0.39, 0.29) is 5.91 Å². The Bertz CT molecular complexity index is 1360. The van der Waals surface area contributed by atoms with Crippen LogP contribution in [0.2, 0.25) is 5.02 Å². The van der Waals surface area contributed by atoms with Crippen LogP contribution in [0.25, 0.3) is 16.2 Å². The number of nitrogens with zero attached hydrogens (tertiary/aromatic N) is 2. The standard InChI is InChI=1S/C25H18ClN3O2S/c26-19-12-10-18(11-13-19)25(30)28-24-22(21-9-5-15-32-21)27-23-20(8-4-14-29(23)24)31-16-17-6-2-1-3-7-17/h1-15H,16H2,(H,28,30). The van der Waals surface area contributed by atoms with E-state index in [9.17, 15) is 4.79 Å². The summed E-state index contributed by atoms with van der Waals surface area (Å²) in [6.07, 6.45) is 1.87. The number of benzene rings is 2. The molecule has 1 N–H and O–H groups in total. The number of thiophene rings is 1. The van der Waals surface area contributed by atoms with Crippen LogP contribution in [0.5, 0.6) is 5.75 Å². The molecule has 32 heavy (non-hydrogen) atoms. The van der Waals surface area contributed by atoms with Gasteiger partial charge < -0.3 is 10.1 Å². The first kappa shape index (κ1) is 20.3. The highest BCUT2D eigenvalue weighted by atomic mass is 35.5. The van der Waals surface area contributed by atoms with Crippen LogP contribution in [-0.2, 0) is 6.61 Å². The number of nitrogens with one attached hydrogen (secondary N) is 1. The molecule has 2 aromatic carbocycles. The summed E-state index contributed by atoms with van der Waals surface area (Å²) in [4.78, 5) is 18.8. The van der Waals surface area contributed by atoms with Crippen LogP contribution in [0.3, 0.4) is 0 Å². The van der Waals surface area contributed by atoms with Crippen molar-refractivity contribution in [2.75, 3.05) is 5.32 Å². The van der Waals surface area contributed by atoms with Crippen molar-refractivity contribution in [2.24, 2.45) is 0 Å². The molecular weight excluding hydrogens is 442 g/mol. The number of hydrogen-bond acceptors (Lipinski definition) is 4. The van der Waals surface area contributed by atoms with Crippen LogP contribution in [-0.4, -0.2) is 15.3 Å². The highest BCUT2D eigenvalue weighted by Gasteiger charge is 2.20. The zero-order valence-corrected chi connectivity index (χ0v) is 18.4. The number of pyridine rings is 1. The summed E-state index contributed by atoms with van der Waals surface area (Å²) in [6, 6.07) is 24.4. The third kappa shape index (κ3) is 4.10. The second-order valence-corrected chi connectivity index (χ2v) is 8.47. The molecule has 5 rings (SSSR count). The van der Waals surface area contributed by atoms with Gasteiger partial charge in [0.25, 0.3) is 5.91 Å². The molecule has 0 spiro atoms. The Morgan fingerprint density at radius 2 is 1.81 bits per heavy atom. The van der Waals surface area contributed by atoms with Crippen molar-refractivity contribution in [3.63, 3.8) is 0 Å². The fourth-order valence-corrected chi connectivity index (χ4v) is 4.22. The first-order valence-corrected chi connectivity index (χ1v) is 11.2. The van der Waals surface area contributed by atoms with E-state index in [4.69, 9.17) is 21.3 Å². The Morgan fingerprint density at radius 3 is 2.56 bits per heavy atom. The van der Waals surface area contributed by atoms with E-state index in [1.54, 1.807) is 35.6 Å². The highest BCUT2D eigenvalue weighted by molar-refractivity contribution is 7.13. The predicted octanol–water partition coefficient (Wildman–Crippen LogP) is 6.55. The van der Waals surface area contributed by atoms with Gasteiger partial charge in [-0.1, -0.05) is 48.0 Å². The lowest BCUT2D eigenvalue weighted by Gasteiger charge is -2.09. The molecule has 3 heterocycles. The molecule has 0 unspecified atom stereocenters.